The summed E-state index contributed by atoms with van der Waals surface area (Å²) < 4.78 is 11.6. The zero-order chi connectivity index (χ0) is 28.6. The summed E-state index contributed by atoms with van der Waals surface area (Å²) in [5.41, 5.74) is 2.55. The van der Waals surface area contributed by atoms with E-state index in [4.69, 9.17) is 9.47 Å². The largest absolute Gasteiger partial charge is 0.491 e. The summed E-state index contributed by atoms with van der Waals surface area (Å²) in [6, 6.07) is 14.5. The molecule has 2 aromatic carbocycles. The number of hydrogen-bond acceptors (Lipinski definition) is 5. The Morgan fingerprint density at radius 2 is 1.38 bits per heavy atom. The van der Waals surface area contributed by atoms with Crippen LogP contribution in [0.2, 0.25) is 0 Å². The van der Waals surface area contributed by atoms with E-state index in [2.05, 4.69) is 37.7 Å². The van der Waals surface area contributed by atoms with E-state index < -0.39 is 5.97 Å². The lowest BCUT2D eigenvalue weighted by atomic mass is 10.00. The first-order chi connectivity index (χ1) is 19.5. The van der Waals surface area contributed by atoms with Crippen LogP contribution < -0.4 is 9.47 Å². The van der Waals surface area contributed by atoms with Crippen LogP contribution in [0.25, 0.3) is 11.4 Å². The van der Waals surface area contributed by atoms with Gasteiger partial charge in [0, 0.05) is 18.0 Å². The van der Waals surface area contributed by atoms with Crippen LogP contribution >= 0.6 is 0 Å². The van der Waals surface area contributed by atoms with E-state index in [0.29, 0.717) is 17.1 Å². The van der Waals surface area contributed by atoms with Gasteiger partial charge in [-0.2, -0.15) is 0 Å². The van der Waals surface area contributed by atoms with Gasteiger partial charge in [0.1, 0.15) is 11.5 Å². The molecule has 0 aliphatic heterocycles. The predicted molar refractivity (Wildman–Crippen MR) is 164 cm³/mol. The Hall–Kier alpha value is -3.21. The molecule has 0 saturated heterocycles. The Labute approximate surface area is 241 Å². The zero-order valence-electron chi connectivity index (χ0n) is 25.0. The fourth-order valence-corrected chi connectivity index (χ4v) is 4.67. The topological polar surface area (TPSA) is 61.3 Å². The third-order valence-electron chi connectivity index (χ3n) is 7.53. The van der Waals surface area contributed by atoms with Crippen molar-refractivity contribution in [1.82, 2.24) is 9.97 Å². The number of nitrogens with zero attached hydrogens (tertiary/aromatic N) is 2. The molecule has 3 aromatic rings. The van der Waals surface area contributed by atoms with Gasteiger partial charge in [-0.15, -0.1) is 0 Å². The van der Waals surface area contributed by atoms with E-state index in [1.807, 2.05) is 36.7 Å². The third kappa shape index (κ3) is 11.1. The quantitative estimate of drug-likeness (QED) is 0.0906. The summed E-state index contributed by atoms with van der Waals surface area (Å²) >= 11 is 0. The summed E-state index contributed by atoms with van der Waals surface area (Å²) in [4.78, 5) is 21.8. The Kier molecular flexibility index (Phi) is 13.7. The number of esters is 1. The Bertz CT molecular complexity index is 1110. The molecule has 1 aromatic heterocycles. The van der Waals surface area contributed by atoms with Crippen molar-refractivity contribution < 1.29 is 14.3 Å². The summed E-state index contributed by atoms with van der Waals surface area (Å²) in [5, 5.41) is 0. The van der Waals surface area contributed by atoms with Crippen molar-refractivity contribution in [2.45, 2.75) is 111 Å². The normalized spacial score (nSPS) is 12.6. The van der Waals surface area contributed by atoms with Crippen LogP contribution in [-0.4, -0.2) is 22.0 Å². The third-order valence-corrected chi connectivity index (χ3v) is 7.53. The molecule has 0 aliphatic carbocycles. The van der Waals surface area contributed by atoms with E-state index >= 15 is 0 Å². The fourth-order valence-electron chi connectivity index (χ4n) is 4.67. The molecule has 40 heavy (non-hydrogen) atoms. The summed E-state index contributed by atoms with van der Waals surface area (Å²) in [6.07, 6.45) is 18.7. The van der Waals surface area contributed by atoms with Crippen molar-refractivity contribution in [3.8, 4) is 22.9 Å². The van der Waals surface area contributed by atoms with E-state index in [0.717, 1.165) is 30.1 Å². The van der Waals surface area contributed by atoms with Crippen molar-refractivity contribution in [3.63, 3.8) is 0 Å². The molecule has 5 heteroatoms. The number of benzene rings is 2. The van der Waals surface area contributed by atoms with Crippen molar-refractivity contribution in [2.24, 2.45) is 5.92 Å². The molecule has 2 atom stereocenters. The number of carbonyl (C=O) groups excluding carboxylic acids is 1. The van der Waals surface area contributed by atoms with Gasteiger partial charge in [0.15, 0.2) is 5.82 Å². The lowest BCUT2D eigenvalue weighted by Crippen LogP contribution is -2.12. The van der Waals surface area contributed by atoms with Gasteiger partial charge in [-0.1, -0.05) is 72.1 Å². The number of carbonyl (C=O) groups is 1. The maximum Gasteiger partial charge on any atom is 0.343 e. The Balaban J connectivity index is 1.42. The van der Waals surface area contributed by atoms with Gasteiger partial charge in [-0.3, -0.25) is 0 Å². The van der Waals surface area contributed by atoms with Gasteiger partial charge in [0.05, 0.1) is 11.7 Å². The minimum absolute atomic E-state index is 0.155. The molecule has 0 N–H and O–H groups in total. The molecule has 0 radical (unpaired) electrons. The second kappa shape index (κ2) is 17.5. The molecule has 0 spiro atoms. The molecule has 0 amide bonds. The minimum atomic E-state index is -0.396. The molecule has 0 fully saturated rings. The minimum Gasteiger partial charge on any atom is -0.491 e. The highest BCUT2D eigenvalue weighted by atomic mass is 16.5. The molecule has 0 aliphatic rings. The lowest BCUT2D eigenvalue weighted by molar-refractivity contribution is 0.0734. The second-order valence-electron chi connectivity index (χ2n) is 11.1. The SMILES string of the molecule is CCCCCC[C@@H](C)Oc1ccc(C(=O)Oc2ccc(-c3ncc(CCCCCC[C@@H](C)CC)cn3)cc2)cc1. The molecule has 1 heterocycles. The Morgan fingerprint density at radius 3 is 2.05 bits per heavy atom. The number of unbranched alkanes of at least 4 members (excludes halogenated alkanes) is 6. The highest BCUT2D eigenvalue weighted by Gasteiger charge is 2.11. The first kappa shape index (κ1) is 31.3. The molecule has 216 valence electrons. The second-order valence-corrected chi connectivity index (χ2v) is 11.1. The smallest absolute Gasteiger partial charge is 0.343 e. The maximum absolute atomic E-state index is 12.6. The fraction of sp³-hybridized carbons (Fsp3) is 0.514. The van der Waals surface area contributed by atoms with E-state index in [9.17, 15) is 4.79 Å². The van der Waals surface area contributed by atoms with Crippen molar-refractivity contribution >= 4 is 5.97 Å². The van der Waals surface area contributed by atoms with Gasteiger partial charge in [-0.25, -0.2) is 14.8 Å². The van der Waals surface area contributed by atoms with Crippen LogP contribution in [0.4, 0.5) is 0 Å². The monoisotopic (exact) mass is 544 g/mol. The van der Waals surface area contributed by atoms with Crippen LogP contribution in [0.5, 0.6) is 11.5 Å². The van der Waals surface area contributed by atoms with Gasteiger partial charge in [-0.05, 0) is 92.6 Å². The average Bonchev–Trinajstić information content (AvgIpc) is 2.98. The number of rotatable bonds is 18. The van der Waals surface area contributed by atoms with E-state index in [-0.39, 0.29) is 6.10 Å². The summed E-state index contributed by atoms with van der Waals surface area (Å²) in [5.74, 6) is 2.38. The molecular formula is C35H48N2O3. The summed E-state index contributed by atoms with van der Waals surface area (Å²) in [6.45, 7) is 8.92. The van der Waals surface area contributed by atoms with Crippen LogP contribution in [0.15, 0.2) is 60.9 Å². The van der Waals surface area contributed by atoms with Gasteiger partial charge in [0.2, 0.25) is 0 Å². The number of aromatic nitrogens is 2. The van der Waals surface area contributed by atoms with E-state index in [1.165, 1.54) is 69.8 Å². The number of ether oxygens (including phenoxy) is 2. The van der Waals surface area contributed by atoms with Crippen LogP contribution in [0.3, 0.4) is 0 Å². The first-order valence-electron chi connectivity index (χ1n) is 15.4. The van der Waals surface area contributed by atoms with E-state index in [1.54, 1.807) is 24.3 Å². The standard InChI is InChI=1S/C35H48N2O3/c1-5-7-8-12-15-28(4)39-32-23-19-31(20-24-32)35(38)40-33-21-17-30(18-22-33)34-36-25-29(26-37-34)16-13-10-9-11-14-27(3)6-2/h17-28H,5-16H2,1-4H3/t27-,28+/m0/s1. The van der Waals surface area contributed by atoms with Gasteiger partial charge in [0.25, 0.3) is 0 Å². The Morgan fingerprint density at radius 1 is 0.750 bits per heavy atom. The van der Waals surface area contributed by atoms with Gasteiger partial charge >= 0.3 is 5.97 Å². The average molecular weight is 545 g/mol. The van der Waals surface area contributed by atoms with Crippen molar-refractivity contribution in [1.29, 1.82) is 0 Å². The highest BCUT2D eigenvalue weighted by molar-refractivity contribution is 5.91. The molecule has 5 nitrogen and oxygen atoms in total. The van der Waals surface area contributed by atoms with Crippen LogP contribution in [-0.2, 0) is 6.42 Å². The number of hydrogen-bond donors (Lipinski definition) is 0. The maximum atomic E-state index is 12.6. The van der Waals surface area contributed by atoms with Crippen LogP contribution in [0, 0.1) is 5.92 Å². The molecule has 0 bridgehead atoms. The molecule has 0 unspecified atom stereocenters. The van der Waals surface area contributed by atoms with Crippen molar-refractivity contribution in [2.75, 3.05) is 0 Å². The van der Waals surface area contributed by atoms with Crippen LogP contribution in [0.1, 0.15) is 114 Å². The molecule has 3 rings (SSSR count). The first-order valence-corrected chi connectivity index (χ1v) is 15.4. The number of aryl methyl sites for hydroxylation is 1. The van der Waals surface area contributed by atoms with Crippen molar-refractivity contribution in [3.05, 3.63) is 72.1 Å². The van der Waals surface area contributed by atoms with Gasteiger partial charge < -0.3 is 9.47 Å². The lowest BCUT2D eigenvalue weighted by Gasteiger charge is -2.14. The summed E-state index contributed by atoms with van der Waals surface area (Å²) in [7, 11) is 0. The molecule has 0 saturated carbocycles. The predicted octanol–water partition coefficient (Wildman–Crippen LogP) is 9.64. The zero-order valence-corrected chi connectivity index (χ0v) is 25.0. The molecular weight excluding hydrogens is 496 g/mol. The highest BCUT2D eigenvalue weighted by Crippen LogP contribution is 2.22.